The maximum atomic E-state index is 13.0. The Morgan fingerprint density at radius 3 is 2.88 bits per heavy atom. The highest BCUT2D eigenvalue weighted by atomic mass is 19.1. The minimum atomic E-state index is -0.617. The van der Waals surface area contributed by atoms with E-state index in [-0.39, 0.29) is 11.9 Å². The number of phenols is 1. The van der Waals surface area contributed by atoms with E-state index in [1.807, 2.05) is 6.92 Å². The van der Waals surface area contributed by atoms with E-state index in [4.69, 9.17) is 0 Å². The van der Waals surface area contributed by atoms with E-state index >= 15 is 0 Å². The van der Waals surface area contributed by atoms with Crippen LogP contribution in [0.25, 0.3) is 0 Å². The number of phenolic OH excluding ortho intramolecular Hbond substituents is 1. The summed E-state index contributed by atoms with van der Waals surface area (Å²) in [6.07, 6.45) is 1.27. The van der Waals surface area contributed by atoms with Crippen LogP contribution in [0.3, 0.4) is 0 Å². The predicted octanol–water partition coefficient (Wildman–Crippen LogP) is 1.78. The maximum absolute atomic E-state index is 13.0. The first kappa shape index (κ1) is 12.9. The number of aliphatic hydroxyl groups excluding tert-OH is 1. The molecule has 1 aromatic rings. The van der Waals surface area contributed by atoms with Gasteiger partial charge in [-0.05, 0) is 12.5 Å². The lowest BCUT2D eigenvalue weighted by Gasteiger charge is -2.11. The zero-order chi connectivity index (χ0) is 12.0. The van der Waals surface area contributed by atoms with Crippen molar-refractivity contribution in [3.63, 3.8) is 0 Å². The first-order valence-electron chi connectivity index (χ1n) is 5.50. The third-order valence-electron chi connectivity index (χ3n) is 2.39. The van der Waals surface area contributed by atoms with Gasteiger partial charge in [-0.1, -0.05) is 25.5 Å². The van der Waals surface area contributed by atoms with Crippen LogP contribution in [0.5, 0.6) is 5.75 Å². The van der Waals surface area contributed by atoms with Gasteiger partial charge in [0.2, 0.25) is 0 Å². The summed E-state index contributed by atoms with van der Waals surface area (Å²) in [5, 5.41) is 21.8. The fourth-order valence-electron chi connectivity index (χ4n) is 1.51. The molecule has 0 aliphatic heterocycles. The molecule has 0 aliphatic carbocycles. The van der Waals surface area contributed by atoms with Crippen LogP contribution in [-0.4, -0.2) is 22.9 Å². The molecule has 0 saturated carbocycles. The monoisotopic (exact) mass is 227 g/mol. The summed E-state index contributed by atoms with van der Waals surface area (Å²) < 4.78 is 13.0. The maximum Gasteiger partial charge on any atom is 0.165 e. The van der Waals surface area contributed by atoms with Crippen LogP contribution >= 0.6 is 0 Å². The summed E-state index contributed by atoms with van der Waals surface area (Å²) in [6.45, 7) is 2.80. The topological polar surface area (TPSA) is 52.5 Å². The molecule has 1 rings (SSSR count). The molecule has 3 N–H and O–H groups in total. The molecule has 0 aromatic heterocycles. The molecule has 16 heavy (non-hydrogen) atoms. The molecule has 0 spiro atoms. The molecule has 0 amide bonds. The van der Waals surface area contributed by atoms with Crippen LogP contribution in [0.15, 0.2) is 18.2 Å². The summed E-state index contributed by atoms with van der Waals surface area (Å²) in [6, 6.07) is 4.41. The summed E-state index contributed by atoms with van der Waals surface area (Å²) in [4.78, 5) is 0. The normalized spacial score (nSPS) is 12.7. The van der Waals surface area contributed by atoms with Crippen LogP contribution in [0.1, 0.15) is 25.3 Å². The zero-order valence-electron chi connectivity index (χ0n) is 9.41. The van der Waals surface area contributed by atoms with E-state index in [1.165, 1.54) is 6.07 Å². The highest BCUT2D eigenvalue weighted by Gasteiger charge is 2.07. The Balaban J connectivity index is 2.40. The van der Waals surface area contributed by atoms with Gasteiger partial charge in [-0.15, -0.1) is 0 Å². The molecule has 0 bridgehead atoms. The fraction of sp³-hybridized carbons (Fsp3) is 0.500. The zero-order valence-corrected chi connectivity index (χ0v) is 9.41. The minimum Gasteiger partial charge on any atom is -0.505 e. The Morgan fingerprint density at radius 1 is 1.44 bits per heavy atom. The lowest BCUT2D eigenvalue weighted by atomic mass is 10.1. The van der Waals surface area contributed by atoms with Gasteiger partial charge in [0.1, 0.15) is 0 Å². The highest BCUT2D eigenvalue weighted by molar-refractivity contribution is 5.33. The largest absolute Gasteiger partial charge is 0.505 e. The first-order valence-corrected chi connectivity index (χ1v) is 5.50. The molecule has 0 heterocycles. The molecule has 3 nitrogen and oxygen atoms in total. The number of hydrogen-bond donors (Lipinski definition) is 3. The van der Waals surface area contributed by atoms with Gasteiger partial charge in [0.25, 0.3) is 0 Å². The molecular formula is C12H18FNO2. The van der Waals surface area contributed by atoms with E-state index in [9.17, 15) is 14.6 Å². The van der Waals surface area contributed by atoms with E-state index < -0.39 is 5.82 Å². The lowest BCUT2D eigenvalue weighted by Crippen LogP contribution is -2.26. The first-order chi connectivity index (χ1) is 7.65. The molecule has 1 atom stereocenters. The Morgan fingerprint density at radius 2 is 2.19 bits per heavy atom. The quantitative estimate of drug-likeness (QED) is 0.694. The summed E-state index contributed by atoms with van der Waals surface area (Å²) in [5.41, 5.74) is 0.503. The highest BCUT2D eigenvalue weighted by Crippen LogP contribution is 2.20. The van der Waals surface area contributed by atoms with Crippen molar-refractivity contribution in [2.45, 2.75) is 32.4 Å². The van der Waals surface area contributed by atoms with Crippen LogP contribution < -0.4 is 5.32 Å². The average Bonchev–Trinajstić information content (AvgIpc) is 2.25. The van der Waals surface area contributed by atoms with Crippen molar-refractivity contribution in [3.8, 4) is 5.75 Å². The molecule has 1 unspecified atom stereocenters. The van der Waals surface area contributed by atoms with Gasteiger partial charge < -0.3 is 15.5 Å². The third-order valence-corrected chi connectivity index (χ3v) is 2.39. The Bertz CT molecular complexity index is 331. The molecule has 4 heteroatoms. The van der Waals surface area contributed by atoms with Crippen molar-refractivity contribution < 1.29 is 14.6 Å². The van der Waals surface area contributed by atoms with Crippen molar-refractivity contribution in [3.05, 3.63) is 29.6 Å². The van der Waals surface area contributed by atoms with Crippen molar-refractivity contribution in [2.75, 3.05) is 6.54 Å². The number of hydrogen-bond acceptors (Lipinski definition) is 3. The Kier molecular flexibility index (Phi) is 5.22. The average molecular weight is 227 g/mol. The number of rotatable bonds is 6. The van der Waals surface area contributed by atoms with E-state index in [1.54, 1.807) is 12.1 Å². The molecule has 90 valence electrons. The van der Waals surface area contributed by atoms with E-state index in [0.717, 1.165) is 12.8 Å². The smallest absolute Gasteiger partial charge is 0.165 e. The van der Waals surface area contributed by atoms with Crippen molar-refractivity contribution in [2.24, 2.45) is 0 Å². The van der Waals surface area contributed by atoms with Crippen LogP contribution in [0.2, 0.25) is 0 Å². The van der Waals surface area contributed by atoms with Crippen LogP contribution in [0.4, 0.5) is 4.39 Å². The number of aromatic hydroxyl groups is 1. The number of para-hydroxylation sites is 1. The second-order valence-corrected chi connectivity index (χ2v) is 3.82. The number of nitrogens with one attached hydrogen (secondary N) is 1. The Labute approximate surface area is 94.9 Å². The summed E-state index contributed by atoms with van der Waals surface area (Å²) in [7, 11) is 0. The van der Waals surface area contributed by atoms with Crippen LogP contribution in [0, 0.1) is 5.82 Å². The van der Waals surface area contributed by atoms with E-state index in [2.05, 4.69) is 5.32 Å². The lowest BCUT2D eigenvalue weighted by molar-refractivity contribution is 0.160. The molecule has 0 saturated heterocycles. The second kappa shape index (κ2) is 6.45. The van der Waals surface area contributed by atoms with Gasteiger partial charge in [0.05, 0.1) is 6.10 Å². The SMILES string of the molecule is CCCC(O)CNCc1cccc(F)c1O. The van der Waals surface area contributed by atoms with Crippen molar-refractivity contribution in [1.29, 1.82) is 0 Å². The number of halogens is 1. The predicted molar refractivity (Wildman–Crippen MR) is 60.7 cm³/mol. The van der Waals surface area contributed by atoms with Crippen molar-refractivity contribution in [1.82, 2.24) is 5.32 Å². The fourth-order valence-corrected chi connectivity index (χ4v) is 1.51. The van der Waals surface area contributed by atoms with E-state index in [0.29, 0.717) is 18.7 Å². The number of benzene rings is 1. The standard InChI is InChI=1S/C12H18FNO2/c1-2-4-10(15)8-14-7-9-5-3-6-11(13)12(9)16/h3,5-6,10,14-16H,2,4,7-8H2,1H3. The van der Waals surface area contributed by atoms with Gasteiger partial charge in [-0.25, -0.2) is 4.39 Å². The third kappa shape index (κ3) is 3.79. The van der Waals surface area contributed by atoms with Gasteiger partial charge in [0, 0.05) is 18.7 Å². The molecular weight excluding hydrogens is 209 g/mol. The van der Waals surface area contributed by atoms with Gasteiger partial charge in [-0.2, -0.15) is 0 Å². The molecule has 0 fully saturated rings. The van der Waals surface area contributed by atoms with Crippen LogP contribution in [-0.2, 0) is 6.54 Å². The van der Waals surface area contributed by atoms with Crippen molar-refractivity contribution >= 4 is 0 Å². The van der Waals surface area contributed by atoms with Gasteiger partial charge >= 0.3 is 0 Å². The summed E-state index contributed by atoms with van der Waals surface area (Å²) in [5.74, 6) is -0.937. The minimum absolute atomic E-state index is 0.319. The molecule has 1 aromatic carbocycles. The van der Waals surface area contributed by atoms with Gasteiger partial charge in [0.15, 0.2) is 11.6 Å². The molecule has 0 radical (unpaired) electrons. The Hall–Kier alpha value is -1.13. The molecule has 0 aliphatic rings. The van der Waals surface area contributed by atoms with Gasteiger partial charge in [-0.3, -0.25) is 0 Å². The second-order valence-electron chi connectivity index (χ2n) is 3.82. The number of aliphatic hydroxyl groups is 1. The summed E-state index contributed by atoms with van der Waals surface area (Å²) >= 11 is 0.